The molecule has 0 unspecified atom stereocenters. The smallest absolute Gasteiger partial charge is 0.239 e. The van der Waals surface area contributed by atoms with Crippen molar-refractivity contribution in [1.29, 1.82) is 5.26 Å². The molecular weight excluding hydrogens is 194 g/mol. The summed E-state index contributed by atoms with van der Waals surface area (Å²) in [6.45, 7) is 0. The number of ketones is 1. The van der Waals surface area contributed by atoms with Crippen molar-refractivity contribution < 1.29 is 14.7 Å². The number of carbonyl (C=O) groups is 2. The fourth-order valence-electron chi connectivity index (χ4n) is 1.02. The standard InChI is InChI=1S/C11H7NO3/c12-6-9(10(14)7-13)11(15)8-4-2-1-3-5-8/h1-5,7,15H. The molecule has 0 bridgehead atoms. The third kappa shape index (κ3) is 2.29. The molecule has 1 rings (SSSR count). The number of aliphatic hydroxyl groups is 1. The Bertz CT molecular complexity index is 454. The van der Waals surface area contributed by atoms with Crippen molar-refractivity contribution >= 4 is 17.8 Å². The fourth-order valence-corrected chi connectivity index (χ4v) is 1.02. The third-order valence-corrected chi connectivity index (χ3v) is 1.75. The van der Waals surface area contributed by atoms with Crippen LogP contribution in [0.3, 0.4) is 0 Å². The minimum absolute atomic E-state index is 0.00227. The lowest BCUT2D eigenvalue weighted by Crippen LogP contribution is -2.04. The van der Waals surface area contributed by atoms with Gasteiger partial charge in [-0.1, -0.05) is 30.3 Å². The van der Waals surface area contributed by atoms with Crippen LogP contribution in [0.4, 0.5) is 0 Å². The molecule has 0 atom stereocenters. The minimum atomic E-state index is -1.03. The van der Waals surface area contributed by atoms with Crippen LogP contribution in [0, 0.1) is 11.3 Å². The van der Waals surface area contributed by atoms with Gasteiger partial charge in [0.25, 0.3) is 0 Å². The molecule has 4 nitrogen and oxygen atoms in total. The first kappa shape index (κ1) is 10.7. The summed E-state index contributed by atoms with van der Waals surface area (Å²) in [5.74, 6) is -1.51. The summed E-state index contributed by atoms with van der Waals surface area (Å²) in [5, 5.41) is 18.2. The Labute approximate surface area is 86.1 Å². The topological polar surface area (TPSA) is 78.2 Å². The molecule has 74 valence electrons. The molecule has 0 aliphatic rings. The minimum Gasteiger partial charge on any atom is -0.506 e. The monoisotopic (exact) mass is 201 g/mol. The fraction of sp³-hybridized carbons (Fsp3) is 0. The lowest BCUT2D eigenvalue weighted by molar-refractivity contribution is -0.127. The molecular formula is C11H7NO3. The van der Waals surface area contributed by atoms with Crippen molar-refractivity contribution in [3.63, 3.8) is 0 Å². The maximum atomic E-state index is 10.9. The summed E-state index contributed by atoms with van der Waals surface area (Å²) in [5.41, 5.74) is -0.222. The first-order valence-corrected chi connectivity index (χ1v) is 4.09. The maximum Gasteiger partial charge on any atom is 0.239 e. The van der Waals surface area contributed by atoms with E-state index in [1.54, 1.807) is 18.2 Å². The molecule has 1 aromatic rings. The highest BCUT2D eigenvalue weighted by molar-refractivity contribution is 6.36. The summed E-state index contributed by atoms with van der Waals surface area (Å²) in [6.07, 6.45) is -0.00227. The lowest BCUT2D eigenvalue weighted by atomic mass is 10.1. The van der Waals surface area contributed by atoms with Gasteiger partial charge < -0.3 is 5.11 Å². The van der Waals surface area contributed by atoms with Crippen LogP contribution < -0.4 is 0 Å². The quantitative estimate of drug-likeness (QED) is 0.262. The average Bonchev–Trinajstić information content (AvgIpc) is 2.30. The van der Waals surface area contributed by atoms with Crippen molar-refractivity contribution in [2.75, 3.05) is 0 Å². The van der Waals surface area contributed by atoms with Crippen LogP contribution in [0.25, 0.3) is 5.76 Å². The van der Waals surface area contributed by atoms with E-state index >= 15 is 0 Å². The van der Waals surface area contributed by atoms with Crippen molar-refractivity contribution in [2.45, 2.75) is 0 Å². The lowest BCUT2D eigenvalue weighted by Gasteiger charge is -2.00. The zero-order valence-electron chi connectivity index (χ0n) is 7.68. The summed E-state index contributed by atoms with van der Waals surface area (Å²) in [4.78, 5) is 21.1. The second-order valence-electron chi connectivity index (χ2n) is 2.68. The number of benzene rings is 1. The summed E-state index contributed by atoms with van der Waals surface area (Å²) < 4.78 is 0. The van der Waals surface area contributed by atoms with Gasteiger partial charge in [0, 0.05) is 5.56 Å². The molecule has 1 N–H and O–H groups in total. The molecule has 0 fully saturated rings. The van der Waals surface area contributed by atoms with Crippen molar-refractivity contribution in [1.82, 2.24) is 0 Å². The van der Waals surface area contributed by atoms with Crippen LogP contribution in [-0.2, 0) is 9.59 Å². The Hall–Kier alpha value is -2.41. The van der Waals surface area contributed by atoms with Gasteiger partial charge in [-0.25, -0.2) is 0 Å². The molecule has 0 spiro atoms. The van der Waals surface area contributed by atoms with Gasteiger partial charge in [0.15, 0.2) is 6.29 Å². The summed E-state index contributed by atoms with van der Waals surface area (Å²) in [7, 11) is 0. The molecule has 1 aromatic carbocycles. The van der Waals surface area contributed by atoms with Crippen molar-refractivity contribution in [2.24, 2.45) is 0 Å². The number of aldehydes is 1. The van der Waals surface area contributed by atoms with E-state index in [0.29, 0.717) is 5.56 Å². The van der Waals surface area contributed by atoms with Gasteiger partial charge in [-0.15, -0.1) is 0 Å². The van der Waals surface area contributed by atoms with Gasteiger partial charge in [0.2, 0.25) is 5.78 Å². The van der Waals surface area contributed by atoms with Crippen LogP contribution >= 0.6 is 0 Å². The van der Waals surface area contributed by atoms with E-state index in [1.165, 1.54) is 18.2 Å². The van der Waals surface area contributed by atoms with Crippen LogP contribution in [0.1, 0.15) is 5.56 Å². The molecule has 15 heavy (non-hydrogen) atoms. The SMILES string of the molecule is N#CC(C(=O)C=O)=C(O)c1ccccc1. The molecule has 0 aromatic heterocycles. The number of hydrogen-bond acceptors (Lipinski definition) is 4. The number of Topliss-reactive ketones (excluding diaryl/α,β-unsaturated/α-hetero) is 1. The van der Waals surface area contributed by atoms with Gasteiger partial charge in [-0.3, -0.25) is 9.59 Å². The number of hydrogen-bond donors (Lipinski definition) is 1. The zero-order chi connectivity index (χ0) is 11.3. The molecule has 0 aliphatic heterocycles. The van der Waals surface area contributed by atoms with Gasteiger partial charge in [-0.2, -0.15) is 5.26 Å². The molecule has 0 amide bonds. The molecule has 0 saturated carbocycles. The van der Waals surface area contributed by atoms with Crippen molar-refractivity contribution in [3.8, 4) is 6.07 Å². The molecule has 0 radical (unpaired) electrons. The maximum absolute atomic E-state index is 10.9. The Balaban J connectivity index is 3.25. The van der Waals surface area contributed by atoms with E-state index in [-0.39, 0.29) is 6.29 Å². The number of carbonyl (C=O) groups excluding carboxylic acids is 2. The Morgan fingerprint density at radius 3 is 2.40 bits per heavy atom. The van der Waals surface area contributed by atoms with Crippen molar-refractivity contribution in [3.05, 3.63) is 41.5 Å². The van der Waals surface area contributed by atoms with Gasteiger partial charge in [-0.05, 0) is 0 Å². The van der Waals surface area contributed by atoms with Gasteiger partial charge >= 0.3 is 0 Å². The van der Waals surface area contributed by atoms with Gasteiger partial charge in [0.1, 0.15) is 17.4 Å². The second-order valence-corrected chi connectivity index (χ2v) is 2.68. The van der Waals surface area contributed by atoms with E-state index in [4.69, 9.17) is 5.26 Å². The predicted octanol–water partition coefficient (Wildman–Crippen LogP) is 1.25. The van der Waals surface area contributed by atoms with Crippen LogP contribution in [0.15, 0.2) is 35.9 Å². The number of nitriles is 1. The van der Waals surface area contributed by atoms with E-state index in [1.807, 2.05) is 0 Å². The predicted molar refractivity (Wildman–Crippen MR) is 52.7 cm³/mol. The molecule has 0 aliphatic carbocycles. The third-order valence-electron chi connectivity index (χ3n) is 1.75. The first-order valence-electron chi connectivity index (χ1n) is 4.09. The Morgan fingerprint density at radius 1 is 1.33 bits per heavy atom. The zero-order valence-corrected chi connectivity index (χ0v) is 7.68. The van der Waals surface area contributed by atoms with E-state index < -0.39 is 17.1 Å². The van der Waals surface area contributed by atoms with Crippen LogP contribution in [0.2, 0.25) is 0 Å². The van der Waals surface area contributed by atoms with Crippen LogP contribution in [0.5, 0.6) is 0 Å². The number of rotatable bonds is 3. The van der Waals surface area contributed by atoms with E-state index in [9.17, 15) is 14.7 Å². The number of nitrogens with zero attached hydrogens (tertiary/aromatic N) is 1. The van der Waals surface area contributed by atoms with E-state index in [2.05, 4.69) is 0 Å². The molecule has 4 heteroatoms. The van der Waals surface area contributed by atoms with Crippen LogP contribution in [-0.4, -0.2) is 17.2 Å². The average molecular weight is 201 g/mol. The molecule has 0 saturated heterocycles. The normalized spacial score (nSPS) is 11.1. The molecule has 0 heterocycles. The van der Waals surface area contributed by atoms with Gasteiger partial charge in [0.05, 0.1) is 0 Å². The van der Waals surface area contributed by atoms with E-state index in [0.717, 1.165) is 0 Å². The highest BCUT2D eigenvalue weighted by Crippen LogP contribution is 2.15. The highest BCUT2D eigenvalue weighted by Gasteiger charge is 2.14. The number of allylic oxidation sites excluding steroid dienone is 1. The number of aliphatic hydroxyl groups excluding tert-OH is 1. The summed E-state index contributed by atoms with van der Waals surface area (Å²) in [6, 6.07) is 9.58. The largest absolute Gasteiger partial charge is 0.506 e. The Morgan fingerprint density at radius 2 is 1.93 bits per heavy atom. The first-order chi connectivity index (χ1) is 7.20. The summed E-state index contributed by atoms with van der Waals surface area (Å²) >= 11 is 0. The Kier molecular flexibility index (Phi) is 3.36. The second kappa shape index (κ2) is 4.72. The highest BCUT2D eigenvalue weighted by atomic mass is 16.3.